The van der Waals surface area contributed by atoms with Crippen LogP contribution in [0.1, 0.15) is 32.1 Å². The van der Waals surface area contributed by atoms with Crippen molar-refractivity contribution in [3.05, 3.63) is 30.3 Å². The third-order valence-corrected chi connectivity index (χ3v) is 5.00. The SMILES string of the molecule is S=C(NC1CCCCC1)N1CCN(c2ccccc2)CC1. The Balaban J connectivity index is 1.47. The Morgan fingerprint density at radius 1 is 0.952 bits per heavy atom. The molecule has 1 aromatic carbocycles. The number of piperazine rings is 1. The number of nitrogens with one attached hydrogen (secondary N) is 1. The van der Waals surface area contributed by atoms with Gasteiger partial charge in [0.25, 0.3) is 0 Å². The van der Waals surface area contributed by atoms with Gasteiger partial charge in [-0.25, -0.2) is 0 Å². The first-order chi connectivity index (χ1) is 10.3. The summed E-state index contributed by atoms with van der Waals surface area (Å²) in [5.41, 5.74) is 1.32. The minimum atomic E-state index is 0.610. The Morgan fingerprint density at radius 2 is 1.62 bits per heavy atom. The predicted octanol–water partition coefficient (Wildman–Crippen LogP) is 3.02. The summed E-state index contributed by atoms with van der Waals surface area (Å²) < 4.78 is 0. The molecule has 1 saturated heterocycles. The van der Waals surface area contributed by atoms with Gasteiger partial charge in [-0.3, -0.25) is 0 Å². The number of hydrogen-bond acceptors (Lipinski definition) is 2. The molecule has 21 heavy (non-hydrogen) atoms. The third kappa shape index (κ3) is 3.88. The average Bonchev–Trinajstić information content (AvgIpc) is 2.57. The summed E-state index contributed by atoms with van der Waals surface area (Å²) in [6.07, 6.45) is 6.65. The van der Waals surface area contributed by atoms with Crippen LogP contribution in [0.15, 0.2) is 30.3 Å². The van der Waals surface area contributed by atoms with Crippen LogP contribution in [0.3, 0.4) is 0 Å². The van der Waals surface area contributed by atoms with Crippen LogP contribution in [0.2, 0.25) is 0 Å². The molecule has 0 atom stereocenters. The van der Waals surface area contributed by atoms with Crippen molar-refractivity contribution in [1.29, 1.82) is 0 Å². The molecule has 4 heteroatoms. The number of benzene rings is 1. The molecule has 1 aliphatic heterocycles. The van der Waals surface area contributed by atoms with Crippen molar-refractivity contribution in [1.82, 2.24) is 10.2 Å². The topological polar surface area (TPSA) is 18.5 Å². The van der Waals surface area contributed by atoms with E-state index in [0.717, 1.165) is 31.3 Å². The van der Waals surface area contributed by atoms with Crippen molar-refractivity contribution in [3.63, 3.8) is 0 Å². The quantitative estimate of drug-likeness (QED) is 0.846. The fraction of sp³-hybridized carbons (Fsp3) is 0.588. The van der Waals surface area contributed by atoms with E-state index in [4.69, 9.17) is 12.2 Å². The van der Waals surface area contributed by atoms with Crippen LogP contribution in [0, 0.1) is 0 Å². The number of thiocarbonyl (C=S) groups is 1. The van der Waals surface area contributed by atoms with E-state index in [-0.39, 0.29) is 0 Å². The fourth-order valence-electron chi connectivity index (χ4n) is 3.32. The summed E-state index contributed by atoms with van der Waals surface area (Å²) in [7, 11) is 0. The van der Waals surface area contributed by atoms with Gasteiger partial charge in [-0.15, -0.1) is 0 Å². The van der Waals surface area contributed by atoms with Gasteiger partial charge in [-0.05, 0) is 37.2 Å². The largest absolute Gasteiger partial charge is 0.368 e. The molecule has 0 bridgehead atoms. The smallest absolute Gasteiger partial charge is 0.169 e. The second-order valence-electron chi connectivity index (χ2n) is 6.09. The van der Waals surface area contributed by atoms with E-state index in [0.29, 0.717) is 6.04 Å². The van der Waals surface area contributed by atoms with Crippen LogP contribution < -0.4 is 10.2 Å². The van der Waals surface area contributed by atoms with Gasteiger partial charge in [0.05, 0.1) is 0 Å². The molecule has 0 aromatic heterocycles. The standard InChI is InChI=1S/C17H25N3S/c21-17(18-15-7-3-1-4-8-15)20-13-11-19(12-14-20)16-9-5-2-6-10-16/h2,5-6,9-10,15H,1,3-4,7-8,11-14H2,(H,18,21). The van der Waals surface area contributed by atoms with Gasteiger partial charge in [0.2, 0.25) is 0 Å². The minimum absolute atomic E-state index is 0.610. The van der Waals surface area contributed by atoms with Crippen molar-refractivity contribution in [2.45, 2.75) is 38.1 Å². The number of anilines is 1. The van der Waals surface area contributed by atoms with Crippen LogP contribution in [-0.2, 0) is 0 Å². The van der Waals surface area contributed by atoms with Crippen molar-refractivity contribution < 1.29 is 0 Å². The summed E-state index contributed by atoms with van der Waals surface area (Å²) in [6.45, 7) is 4.15. The van der Waals surface area contributed by atoms with Crippen molar-refractivity contribution in [2.75, 3.05) is 31.1 Å². The van der Waals surface area contributed by atoms with Gasteiger partial charge in [-0.2, -0.15) is 0 Å². The highest BCUT2D eigenvalue weighted by Crippen LogP contribution is 2.19. The molecule has 1 saturated carbocycles. The molecule has 1 aromatic rings. The first-order valence-electron chi connectivity index (χ1n) is 8.18. The molecule has 2 fully saturated rings. The summed E-state index contributed by atoms with van der Waals surface area (Å²) in [4.78, 5) is 4.78. The highest BCUT2D eigenvalue weighted by atomic mass is 32.1. The van der Waals surface area contributed by atoms with E-state index in [2.05, 4.69) is 45.4 Å². The molecule has 1 aliphatic carbocycles. The lowest BCUT2D eigenvalue weighted by Crippen LogP contribution is -2.53. The highest BCUT2D eigenvalue weighted by Gasteiger charge is 2.21. The van der Waals surface area contributed by atoms with Crippen molar-refractivity contribution in [3.8, 4) is 0 Å². The molecule has 2 aliphatic rings. The van der Waals surface area contributed by atoms with Crippen LogP contribution >= 0.6 is 12.2 Å². The first kappa shape index (κ1) is 14.6. The summed E-state index contributed by atoms with van der Waals surface area (Å²) in [5, 5.41) is 4.55. The van der Waals surface area contributed by atoms with E-state index < -0.39 is 0 Å². The molecule has 1 N–H and O–H groups in total. The van der Waals surface area contributed by atoms with Crippen LogP contribution in [0.4, 0.5) is 5.69 Å². The second kappa shape index (κ2) is 7.12. The second-order valence-corrected chi connectivity index (χ2v) is 6.48. The number of hydrogen-bond donors (Lipinski definition) is 1. The Bertz CT molecular complexity index is 448. The lowest BCUT2D eigenvalue weighted by atomic mass is 9.96. The summed E-state index contributed by atoms with van der Waals surface area (Å²) in [5.74, 6) is 0. The molecule has 0 spiro atoms. The van der Waals surface area contributed by atoms with Crippen molar-refractivity contribution >= 4 is 23.0 Å². The molecular formula is C17H25N3S. The molecule has 0 amide bonds. The predicted molar refractivity (Wildman–Crippen MR) is 92.8 cm³/mol. The van der Waals surface area contributed by atoms with Gasteiger partial charge in [0, 0.05) is 37.9 Å². The summed E-state index contributed by atoms with van der Waals surface area (Å²) in [6, 6.07) is 11.3. The van der Waals surface area contributed by atoms with Gasteiger partial charge in [-0.1, -0.05) is 37.5 Å². The first-order valence-corrected chi connectivity index (χ1v) is 8.59. The molecule has 3 nitrogen and oxygen atoms in total. The van der Waals surface area contributed by atoms with Gasteiger partial charge in [0.1, 0.15) is 0 Å². The van der Waals surface area contributed by atoms with Crippen molar-refractivity contribution in [2.24, 2.45) is 0 Å². The van der Waals surface area contributed by atoms with Gasteiger partial charge in [0.15, 0.2) is 5.11 Å². The number of para-hydroxylation sites is 1. The molecule has 114 valence electrons. The van der Waals surface area contributed by atoms with Crippen LogP contribution in [-0.4, -0.2) is 42.2 Å². The Kier molecular flexibility index (Phi) is 4.96. The van der Waals surface area contributed by atoms with Crippen LogP contribution in [0.25, 0.3) is 0 Å². The van der Waals surface area contributed by atoms with E-state index >= 15 is 0 Å². The highest BCUT2D eigenvalue weighted by molar-refractivity contribution is 7.80. The Hall–Kier alpha value is -1.29. The van der Waals surface area contributed by atoms with Crippen LogP contribution in [0.5, 0.6) is 0 Å². The maximum atomic E-state index is 5.61. The lowest BCUT2D eigenvalue weighted by Gasteiger charge is -2.38. The van der Waals surface area contributed by atoms with E-state index in [9.17, 15) is 0 Å². The number of rotatable bonds is 2. The van der Waals surface area contributed by atoms with E-state index in [1.54, 1.807) is 0 Å². The minimum Gasteiger partial charge on any atom is -0.368 e. The zero-order valence-corrected chi connectivity index (χ0v) is 13.4. The maximum Gasteiger partial charge on any atom is 0.169 e. The van der Waals surface area contributed by atoms with E-state index in [1.807, 2.05) is 0 Å². The average molecular weight is 303 g/mol. The molecule has 1 heterocycles. The zero-order chi connectivity index (χ0) is 14.5. The normalized spacial score (nSPS) is 20.4. The maximum absolute atomic E-state index is 5.61. The van der Waals surface area contributed by atoms with E-state index in [1.165, 1.54) is 37.8 Å². The third-order valence-electron chi connectivity index (χ3n) is 4.62. The van der Waals surface area contributed by atoms with Gasteiger partial charge >= 0.3 is 0 Å². The summed E-state index contributed by atoms with van der Waals surface area (Å²) >= 11 is 5.61. The number of nitrogens with zero attached hydrogens (tertiary/aromatic N) is 2. The van der Waals surface area contributed by atoms with Gasteiger partial charge < -0.3 is 15.1 Å². The molecule has 3 rings (SSSR count). The molecule has 0 radical (unpaired) electrons. The Labute approximate surface area is 133 Å². The molecule has 0 unspecified atom stereocenters. The fourth-order valence-corrected chi connectivity index (χ4v) is 3.67. The lowest BCUT2D eigenvalue weighted by molar-refractivity contribution is 0.355. The molecular weight excluding hydrogens is 278 g/mol. The monoisotopic (exact) mass is 303 g/mol. The zero-order valence-electron chi connectivity index (χ0n) is 12.6. The Morgan fingerprint density at radius 3 is 2.29 bits per heavy atom.